The van der Waals surface area contributed by atoms with Crippen molar-refractivity contribution in [3.8, 4) is 11.5 Å². The second kappa shape index (κ2) is 4.74. The normalized spacial score (nSPS) is 22.2. The van der Waals surface area contributed by atoms with Gasteiger partial charge in [0.15, 0.2) is 9.84 Å². The molecule has 3 N–H and O–H groups in total. The van der Waals surface area contributed by atoms with Crippen LogP contribution < -0.4 is 5.32 Å². The third-order valence-electron chi connectivity index (χ3n) is 4.27. The van der Waals surface area contributed by atoms with E-state index in [2.05, 4.69) is 5.32 Å². The summed E-state index contributed by atoms with van der Waals surface area (Å²) in [6.45, 7) is 3.04. The summed E-state index contributed by atoms with van der Waals surface area (Å²) >= 11 is 0. The fourth-order valence-electron chi connectivity index (χ4n) is 3.49. The van der Waals surface area contributed by atoms with Crippen molar-refractivity contribution in [2.24, 2.45) is 0 Å². The SMILES string of the molecule is CC(=O)Nc1cc(O)c2c(c1O)[C@H]1CCS(=O)(=O)C1=C(C)C2. The zero-order chi connectivity index (χ0) is 16.2. The molecular weight excluding hydrogens is 306 g/mol. The van der Waals surface area contributed by atoms with Gasteiger partial charge in [0, 0.05) is 30.0 Å². The van der Waals surface area contributed by atoms with E-state index in [1.165, 1.54) is 13.0 Å². The minimum absolute atomic E-state index is 0.0361. The largest absolute Gasteiger partial charge is 0.508 e. The van der Waals surface area contributed by atoms with Crippen molar-refractivity contribution in [2.75, 3.05) is 11.1 Å². The van der Waals surface area contributed by atoms with Crippen LogP contribution in [0.5, 0.6) is 11.5 Å². The van der Waals surface area contributed by atoms with Gasteiger partial charge < -0.3 is 15.5 Å². The van der Waals surface area contributed by atoms with Crippen molar-refractivity contribution in [3.63, 3.8) is 0 Å². The van der Waals surface area contributed by atoms with Gasteiger partial charge in [-0.3, -0.25) is 4.79 Å². The number of amides is 1. The molecule has 2 aliphatic rings. The Bertz CT molecular complexity index is 823. The molecule has 1 atom stereocenters. The minimum atomic E-state index is -3.31. The summed E-state index contributed by atoms with van der Waals surface area (Å²) in [6, 6.07) is 1.30. The lowest BCUT2D eigenvalue weighted by molar-refractivity contribution is -0.114. The summed E-state index contributed by atoms with van der Waals surface area (Å²) in [5, 5.41) is 23.1. The van der Waals surface area contributed by atoms with Gasteiger partial charge in [0.25, 0.3) is 0 Å². The second-order valence-electron chi connectivity index (χ2n) is 5.85. The van der Waals surface area contributed by atoms with Crippen LogP contribution in [-0.2, 0) is 21.1 Å². The van der Waals surface area contributed by atoms with Crippen LogP contribution in [0.3, 0.4) is 0 Å². The van der Waals surface area contributed by atoms with Gasteiger partial charge in [0.2, 0.25) is 5.91 Å². The van der Waals surface area contributed by atoms with Gasteiger partial charge in [-0.2, -0.15) is 0 Å². The maximum Gasteiger partial charge on any atom is 0.221 e. The van der Waals surface area contributed by atoms with E-state index in [1.807, 2.05) is 0 Å². The van der Waals surface area contributed by atoms with Crippen molar-refractivity contribution in [1.29, 1.82) is 0 Å². The summed E-state index contributed by atoms with van der Waals surface area (Å²) < 4.78 is 24.4. The molecule has 1 amide bonds. The lowest BCUT2D eigenvalue weighted by atomic mass is 9.81. The second-order valence-corrected chi connectivity index (χ2v) is 7.92. The first-order valence-electron chi connectivity index (χ1n) is 7.00. The molecule has 0 unspecified atom stereocenters. The molecule has 1 aromatic carbocycles. The number of carbonyl (C=O) groups excluding carboxylic acids is 1. The Morgan fingerprint density at radius 2 is 2.05 bits per heavy atom. The summed E-state index contributed by atoms with van der Waals surface area (Å²) in [5.41, 5.74) is 1.77. The molecular formula is C15H17NO5S. The fraction of sp³-hybridized carbons (Fsp3) is 0.400. The molecule has 118 valence electrons. The maximum absolute atomic E-state index is 12.2. The molecule has 0 saturated carbocycles. The lowest BCUT2D eigenvalue weighted by Crippen LogP contribution is -2.15. The van der Waals surface area contributed by atoms with E-state index in [-0.39, 0.29) is 35.3 Å². The molecule has 1 aliphatic carbocycles. The smallest absolute Gasteiger partial charge is 0.221 e. The highest BCUT2D eigenvalue weighted by Crippen LogP contribution is 2.52. The predicted octanol–water partition coefficient (Wildman–Crippen LogP) is 1.79. The molecule has 1 aliphatic heterocycles. The Labute approximate surface area is 128 Å². The van der Waals surface area contributed by atoms with E-state index in [0.717, 1.165) is 0 Å². The van der Waals surface area contributed by atoms with Crippen LogP contribution >= 0.6 is 0 Å². The number of anilines is 1. The van der Waals surface area contributed by atoms with Crippen molar-refractivity contribution >= 4 is 21.4 Å². The molecule has 0 radical (unpaired) electrons. The number of fused-ring (bicyclic) bond motifs is 3. The number of carbonyl (C=O) groups is 1. The number of sulfone groups is 1. The van der Waals surface area contributed by atoms with E-state index in [4.69, 9.17) is 0 Å². The number of rotatable bonds is 1. The van der Waals surface area contributed by atoms with Crippen LogP contribution in [0.1, 0.15) is 37.3 Å². The molecule has 3 rings (SSSR count). The quantitative estimate of drug-likeness (QED) is 0.540. The first kappa shape index (κ1) is 14.9. The third kappa shape index (κ3) is 2.08. The zero-order valence-corrected chi connectivity index (χ0v) is 13.1. The third-order valence-corrected chi connectivity index (χ3v) is 6.35. The summed E-state index contributed by atoms with van der Waals surface area (Å²) in [5.74, 6) is -0.993. The van der Waals surface area contributed by atoms with E-state index >= 15 is 0 Å². The van der Waals surface area contributed by atoms with E-state index in [0.29, 0.717) is 28.0 Å². The number of phenolic OH excluding ortho intramolecular Hbond substituents is 2. The highest BCUT2D eigenvalue weighted by molar-refractivity contribution is 7.95. The average molecular weight is 323 g/mol. The Morgan fingerprint density at radius 1 is 1.36 bits per heavy atom. The van der Waals surface area contributed by atoms with Gasteiger partial charge in [-0.15, -0.1) is 0 Å². The topological polar surface area (TPSA) is 104 Å². The van der Waals surface area contributed by atoms with Crippen LogP contribution in [0.2, 0.25) is 0 Å². The molecule has 0 aromatic heterocycles. The molecule has 1 fully saturated rings. The summed E-state index contributed by atoms with van der Waals surface area (Å²) in [6.07, 6.45) is 0.651. The number of benzene rings is 1. The fourth-order valence-corrected chi connectivity index (χ4v) is 5.52. The zero-order valence-electron chi connectivity index (χ0n) is 12.3. The molecule has 7 heteroatoms. The van der Waals surface area contributed by atoms with Gasteiger partial charge in [-0.25, -0.2) is 8.42 Å². The number of nitrogens with one attached hydrogen (secondary N) is 1. The van der Waals surface area contributed by atoms with Gasteiger partial charge in [0.05, 0.1) is 16.3 Å². The summed E-state index contributed by atoms with van der Waals surface area (Å²) in [7, 11) is -3.31. The van der Waals surface area contributed by atoms with Gasteiger partial charge in [-0.1, -0.05) is 5.57 Å². The molecule has 1 heterocycles. The van der Waals surface area contributed by atoms with Gasteiger partial charge in [0.1, 0.15) is 11.5 Å². The Hall–Kier alpha value is -2.02. The maximum atomic E-state index is 12.2. The van der Waals surface area contributed by atoms with E-state index in [9.17, 15) is 23.4 Å². The average Bonchev–Trinajstić information content (AvgIpc) is 2.72. The molecule has 0 bridgehead atoms. The first-order chi connectivity index (χ1) is 10.2. The molecule has 0 spiro atoms. The highest BCUT2D eigenvalue weighted by atomic mass is 32.2. The van der Waals surface area contributed by atoms with Crippen molar-refractivity contribution < 1.29 is 23.4 Å². The molecule has 1 aromatic rings. The minimum Gasteiger partial charge on any atom is -0.508 e. The van der Waals surface area contributed by atoms with Gasteiger partial charge >= 0.3 is 0 Å². The summed E-state index contributed by atoms with van der Waals surface area (Å²) in [4.78, 5) is 11.6. The predicted molar refractivity (Wildman–Crippen MR) is 81.6 cm³/mol. The number of hydrogen-bond acceptors (Lipinski definition) is 5. The first-order valence-corrected chi connectivity index (χ1v) is 8.65. The van der Waals surface area contributed by atoms with E-state index < -0.39 is 15.8 Å². The van der Waals surface area contributed by atoms with Crippen molar-refractivity contribution in [1.82, 2.24) is 0 Å². The molecule has 1 saturated heterocycles. The number of phenols is 2. The van der Waals surface area contributed by atoms with Crippen LogP contribution in [-0.4, -0.2) is 30.3 Å². The van der Waals surface area contributed by atoms with Crippen molar-refractivity contribution in [3.05, 3.63) is 27.7 Å². The number of hydrogen-bond donors (Lipinski definition) is 3. The Morgan fingerprint density at radius 3 is 2.68 bits per heavy atom. The molecule has 6 nitrogen and oxygen atoms in total. The van der Waals surface area contributed by atoms with Crippen LogP contribution in [0.25, 0.3) is 0 Å². The van der Waals surface area contributed by atoms with Gasteiger partial charge in [-0.05, 0) is 19.8 Å². The monoisotopic (exact) mass is 323 g/mol. The standard InChI is InChI=1S/C15H17NO5S/c1-7-5-10-12(18)6-11(16-8(2)17)14(19)13(10)9-3-4-22(20,21)15(7)9/h6,9,18-19H,3-5H2,1-2H3,(H,16,17)/t9-/m1/s1. The Kier molecular flexibility index (Phi) is 3.21. The lowest BCUT2D eigenvalue weighted by Gasteiger charge is -2.27. The number of allylic oxidation sites excluding steroid dienone is 2. The number of aromatic hydroxyl groups is 2. The van der Waals surface area contributed by atoms with E-state index in [1.54, 1.807) is 6.92 Å². The Balaban J connectivity index is 2.24. The molecule has 22 heavy (non-hydrogen) atoms. The van der Waals surface area contributed by atoms with Crippen LogP contribution in [0.4, 0.5) is 5.69 Å². The van der Waals surface area contributed by atoms with Crippen molar-refractivity contribution in [2.45, 2.75) is 32.6 Å². The van der Waals surface area contributed by atoms with Crippen LogP contribution in [0, 0.1) is 0 Å². The van der Waals surface area contributed by atoms with Crippen LogP contribution in [0.15, 0.2) is 16.5 Å². The highest BCUT2D eigenvalue weighted by Gasteiger charge is 2.42.